The van der Waals surface area contributed by atoms with Crippen LogP contribution in [0.2, 0.25) is 0 Å². The fourth-order valence-corrected chi connectivity index (χ4v) is 9.60. The lowest BCUT2D eigenvalue weighted by Gasteiger charge is -2.25. The molecule has 0 saturated carbocycles. The zero-order valence-corrected chi connectivity index (χ0v) is 35.6. The van der Waals surface area contributed by atoms with E-state index in [2.05, 4.69) is 223 Å². The molecule has 12 rings (SSSR count). The van der Waals surface area contributed by atoms with Crippen LogP contribution < -0.4 is 4.90 Å². The van der Waals surface area contributed by atoms with E-state index in [1.807, 2.05) is 24.3 Å². The number of hydrogen-bond acceptors (Lipinski definition) is 3. The lowest BCUT2D eigenvalue weighted by atomic mass is 9.85. The fourth-order valence-electron chi connectivity index (χ4n) is 9.60. The first-order valence-electron chi connectivity index (χ1n) is 22.3. The van der Waals surface area contributed by atoms with Gasteiger partial charge in [-0.1, -0.05) is 158 Å². The normalized spacial score (nSPS) is 12.0. The Morgan fingerprint density at radius 2 is 0.723 bits per heavy atom. The number of hydrogen-bond donors (Lipinski definition) is 0. The average molecular weight is 834 g/mol. The van der Waals surface area contributed by atoms with E-state index in [4.69, 9.17) is 8.83 Å². The molecule has 3 nitrogen and oxygen atoms in total. The number of para-hydroxylation sites is 3. The van der Waals surface area contributed by atoms with Gasteiger partial charge in [-0.05, 0) is 141 Å². The Hall–Kier alpha value is -8.40. The summed E-state index contributed by atoms with van der Waals surface area (Å²) in [4.78, 5) is 2.32. The number of rotatable bonds is 10. The van der Waals surface area contributed by atoms with Crippen molar-refractivity contribution in [2.75, 3.05) is 4.90 Å². The predicted octanol–water partition coefficient (Wildman–Crippen LogP) is 17.3. The van der Waals surface area contributed by atoms with Crippen molar-refractivity contribution in [1.82, 2.24) is 0 Å². The molecule has 308 valence electrons. The molecule has 0 bridgehead atoms. The molecule has 0 saturated heterocycles. The van der Waals surface area contributed by atoms with Gasteiger partial charge in [0.15, 0.2) is 0 Å². The molecule has 1 atom stereocenters. The third-order valence-electron chi connectivity index (χ3n) is 12.9. The molecular formula is C62H43NO2. The van der Waals surface area contributed by atoms with E-state index in [9.17, 15) is 0 Å². The number of benzene rings is 10. The van der Waals surface area contributed by atoms with Crippen molar-refractivity contribution in [1.29, 1.82) is 0 Å². The largest absolute Gasteiger partial charge is 0.456 e. The molecule has 10 aromatic carbocycles. The van der Waals surface area contributed by atoms with Gasteiger partial charge in [0.05, 0.1) is 0 Å². The summed E-state index contributed by atoms with van der Waals surface area (Å²) in [5.41, 5.74) is 17.8. The third kappa shape index (κ3) is 7.33. The number of nitrogens with zero attached hydrogens (tertiary/aromatic N) is 1. The molecule has 0 spiro atoms. The van der Waals surface area contributed by atoms with Gasteiger partial charge in [-0.3, -0.25) is 0 Å². The molecule has 0 aliphatic rings. The van der Waals surface area contributed by atoms with Crippen LogP contribution >= 0.6 is 0 Å². The molecule has 2 aromatic heterocycles. The SMILES string of the molecule is c1ccc(-c2cc(-c3ccc(C(Cc4ccc5oc6ccccc6c5c4)c4ccccc4)cc3)cc(-c3ccc(N(c4ccccc4)c4ccc5oc6ccccc6c5c4)cc3)c2)cc1. The van der Waals surface area contributed by atoms with Gasteiger partial charge in [0.1, 0.15) is 22.3 Å². The van der Waals surface area contributed by atoms with E-state index in [-0.39, 0.29) is 5.92 Å². The van der Waals surface area contributed by atoms with Gasteiger partial charge in [-0.15, -0.1) is 0 Å². The Morgan fingerprint density at radius 3 is 1.34 bits per heavy atom. The van der Waals surface area contributed by atoms with Gasteiger partial charge < -0.3 is 13.7 Å². The topological polar surface area (TPSA) is 29.5 Å². The van der Waals surface area contributed by atoms with Crippen LogP contribution in [-0.4, -0.2) is 0 Å². The molecule has 12 aromatic rings. The van der Waals surface area contributed by atoms with Gasteiger partial charge >= 0.3 is 0 Å². The molecule has 3 heteroatoms. The van der Waals surface area contributed by atoms with Crippen LogP contribution in [0.15, 0.2) is 251 Å². The molecule has 0 fully saturated rings. The summed E-state index contributed by atoms with van der Waals surface area (Å²) in [5, 5.41) is 4.54. The minimum Gasteiger partial charge on any atom is -0.456 e. The number of furan rings is 2. The zero-order chi connectivity index (χ0) is 43.1. The van der Waals surface area contributed by atoms with Crippen LogP contribution in [0.5, 0.6) is 0 Å². The van der Waals surface area contributed by atoms with Crippen molar-refractivity contribution < 1.29 is 8.83 Å². The second-order valence-electron chi connectivity index (χ2n) is 16.9. The first-order valence-corrected chi connectivity index (χ1v) is 22.3. The molecular weight excluding hydrogens is 791 g/mol. The lowest BCUT2D eigenvalue weighted by molar-refractivity contribution is 0.668. The van der Waals surface area contributed by atoms with E-state index in [0.29, 0.717) is 0 Å². The number of anilines is 3. The molecule has 0 radical (unpaired) electrons. The molecule has 0 aliphatic heterocycles. The molecule has 65 heavy (non-hydrogen) atoms. The van der Waals surface area contributed by atoms with Crippen LogP contribution in [0.25, 0.3) is 77.3 Å². The van der Waals surface area contributed by atoms with Crippen molar-refractivity contribution in [3.63, 3.8) is 0 Å². The Kier molecular flexibility index (Phi) is 9.65. The van der Waals surface area contributed by atoms with Crippen LogP contribution in [0.3, 0.4) is 0 Å². The van der Waals surface area contributed by atoms with Gasteiger partial charge in [0.25, 0.3) is 0 Å². The van der Waals surface area contributed by atoms with Crippen molar-refractivity contribution in [3.8, 4) is 33.4 Å². The Balaban J connectivity index is 0.898. The summed E-state index contributed by atoms with van der Waals surface area (Å²) in [6.45, 7) is 0. The summed E-state index contributed by atoms with van der Waals surface area (Å²) >= 11 is 0. The maximum Gasteiger partial charge on any atom is 0.135 e. The Labute approximate surface area is 378 Å². The Bertz CT molecular complexity index is 3610. The van der Waals surface area contributed by atoms with Crippen molar-refractivity contribution in [2.45, 2.75) is 12.3 Å². The van der Waals surface area contributed by atoms with Crippen molar-refractivity contribution in [3.05, 3.63) is 259 Å². The highest BCUT2D eigenvalue weighted by Crippen LogP contribution is 2.41. The lowest BCUT2D eigenvalue weighted by Crippen LogP contribution is -2.09. The second-order valence-corrected chi connectivity index (χ2v) is 16.9. The fraction of sp³-hybridized carbons (Fsp3) is 0.0323. The van der Waals surface area contributed by atoms with Gasteiger partial charge in [-0.25, -0.2) is 0 Å². The zero-order valence-electron chi connectivity index (χ0n) is 35.6. The molecule has 2 heterocycles. The van der Waals surface area contributed by atoms with Crippen LogP contribution in [0, 0.1) is 0 Å². The van der Waals surface area contributed by atoms with Crippen LogP contribution in [0.1, 0.15) is 22.6 Å². The maximum atomic E-state index is 6.20. The minimum absolute atomic E-state index is 0.182. The molecule has 0 N–H and O–H groups in total. The van der Waals surface area contributed by atoms with E-state index in [0.717, 1.165) is 67.5 Å². The number of fused-ring (bicyclic) bond motifs is 6. The summed E-state index contributed by atoms with van der Waals surface area (Å²) in [6.07, 6.45) is 0.874. The molecule has 0 amide bonds. The van der Waals surface area contributed by atoms with E-state index in [1.54, 1.807) is 0 Å². The predicted molar refractivity (Wildman–Crippen MR) is 270 cm³/mol. The average Bonchev–Trinajstić information content (AvgIpc) is 3.95. The highest BCUT2D eigenvalue weighted by Gasteiger charge is 2.19. The molecule has 0 aliphatic carbocycles. The minimum atomic E-state index is 0.182. The summed E-state index contributed by atoms with van der Waals surface area (Å²) < 4.78 is 12.4. The summed E-state index contributed by atoms with van der Waals surface area (Å²) in [6, 6.07) is 87.1. The maximum absolute atomic E-state index is 6.20. The third-order valence-corrected chi connectivity index (χ3v) is 12.9. The van der Waals surface area contributed by atoms with Crippen molar-refractivity contribution >= 4 is 60.9 Å². The Morgan fingerprint density at radius 1 is 0.292 bits per heavy atom. The van der Waals surface area contributed by atoms with Gasteiger partial charge in [-0.2, -0.15) is 0 Å². The van der Waals surface area contributed by atoms with Gasteiger partial charge in [0, 0.05) is 44.5 Å². The van der Waals surface area contributed by atoms with Gasteiger partial charge in [0.2, 0.25) is 0 Å². The standard InChI is InChI=1S/C62H43NO2/c1-4-14-43(15-5-1)48-38-49(44-25-27-47(28-26-44)56(46-16-6-2-7-17-46)36-42-24-34-61-57(37-42)54-20-10-12-22-59(54)64-61)40-50(39-48)45-29-31-52(32-30-45)63(51-18-8-3-9-19-51)53-33-35-62-58(41-53)55-21-11-13-23-60(55)65-62/h1-35,37-41,56H,36H2. The van der Waals surface area contributed by atoms with E-state index < -0.39 is 0 Å². The highest BCUT2D eigenvalue weighted by molar-refractivity contribution is 6.07. The first-order chi connectivity index (χ1) is 32.2. The second kappa shape index (κ2) is 16.4. The monoisotopic (exact) mass is 833 g/mol. The molecule has 1 unspecified atom stereocenters. The quantitative estimate of drug-likeness (QED) is 0.137. The van der Waals surface area contributed by atoms with Crippen LogP contribution in [-0.2, 0) is 6.42 Å². The van der Waals surface area contributed by atoms with Crippen molar-refractivity contribution in [2.24, 2.45) is 0 Å². The van der Waals surface area contributed by atoms with E-state index >= 15 is 0 Å². The summed E-state index contributed by atoms with van der Waals surface area (Å²) in [5.74, 6) is 0.182. The summed E-state index contributed by atoms with van der Waals surface area (Å²) in [7, 11) is 0. The van der Waals surface area contributed by atoms with Crippen LogP contribution in [0.4, 0.5) is 17.1 Å². The smallest absolute Gasteiger partial charge is 0.135 e. The van der Waals surface area contributed by atoms with E-state index in [1.165, 1.54) is 49.9 Å². The first kappa shape index (κ1) is 38.3. The highest BCUT2D eigenvalue weighted by atomic mass is 16.3.